The van der Waals surface area contributed by atoms with E-state index in [-0.39, 0.29) is 4.90 Å². The molecule has 0 spiro atoms. The van der Waals surface area contributed by atoms with Crippen LogP contribution in [0.5, 0.6) is 0 Å². The van der Waals surface area contributed by atoms with Gasteiger partial charge in [0.1, 0.15) is 17.0 Å². The lowest BCUT2D eigenvalue weighted by Gasteiger charge is -2.36. The summed E-state index contributed by atoms with van der Waals surface area (Å²) in [5.74, 6) is 7.19. The predicted octanol–water partition coefficient (Wildman–Crippen LogP) is 7.61. The fourth-order valence-corrected chi connectivity index (χ4v) is 5.42. The van der Waals surface area contributed by atoms with E-state index in [4.69, 9.17) is 5.26 Å². The van der Waals surface area contributed by atoms with Gasteiger partial charge in [-0.25, -0.2) is 8.78 Å². The largest absolute Gasteiger partial charge is 0.206 e. The Balaban J connectivity index is 1.64. The molecule has 2 aliphatic rings. The highest BCUT2D eigenvalue weighted by molar-refractivity contribution is 8.03. The summed E-state index contributed by atoms with van der Waals surface area (Å²) in [4.78, 5) is -0.261. The Morgan fingerprint density at radius 2 is 1.72 bits per heavy atom. The minimum Gasteiger partial charge on any atom is -0.206 e. The Morgan fingerprint density at radius 1 is 1.03 bits per heavy atom. The normalized spacial score (nSPS) is 24.6. The van der Waals surface area contributed by atoms with Crippen molar-refractivity contribution in [2.75, 3.05) is 0 Å². The van der Waals surface area contributed by atoms with Crippen LogP contribution in [0.15, 0.2) is 28.2 Å². The van der Waals surface area contributed by atoms with Crippen molar-refractivity contribution in [1.82, 2.24) is 0 Å². The van der Waals surface area contributed by atoms with E-state index in [1.165, 1.54) is 62.7 Å². The van der Waals surface area contributed by atoms with Gasteiger partial charge in [0.2, 0.25) is 0 Å². The molecule has 0 aromatic heterocycles. The zero-order valence-electron chi connectivity index (χ0n) is 17.4. The van der Waals surface area contributed by atoms with E-state index < -0.39 is 11.6 Å². The Bertz CT molecular complexity index is 840. The maximum absolute atomic E-state index is 14.0. The van der Waals surface area contributed by atoms with Crippen LogP contribution < -0.4 is 0 Å². The smallest absolute Gasteiger partial charge is 0.142 e. The first-order chi connectivity index (χ1) is 14.0. The quantitative estimate of drug-likeness (QED) is 0.288. The summed E-state index contributed by atoms with van der Waals surface area (Å²) in [7, 11) is 0. The third-order valence-electron chi connectivity index (χ3n) is 6.61. The molecule has 1 saturated carbocycles. The summed E-state index contributed by atoms with van der Waals surface area (Å²) in [6, 6.07) is 2.43. The van der Waals surface area contributed by atoms with Gasteiger partial charge in [-0.3, -0.25) is 0 Å². The lowest BCUT2D eigenvalue weighted by molar-refractivity contribution is 0.184. The van der Waals surface area contributed by atoms with Crippen molar-refractivity contribution in [3.05, 3.63) is 40.5 Å². The van der Waals surface area contributed by atoms with Crippen LogP contribution in [0, 0.1) is 51.9 Å². The fraction of sp³-hybridized carbons (Fsp3) is 0.560. The number of nitriles is 1. The van der Waals surface area contributed by atoms with Crippen molar-refractivity contribution >= 4 is 11.8 Å². The van der Waals surface area contributed by atoms with Crippen LogP contribution >= 0.6 is 11.8 Å². The van der Waals surface area contributed by atoms with Crippen molar-refractivity contribution in [1.29, 1.82) is 5.26 Å². The number of rotatable bonds is 4. The number of benzene rings is 1. The van der Waals surface area contributed by atoms with Crippen LogP contribution in [0.2, 0.25) is 0 Å². The average Bonchev–Trinajstić information content (AvgIpc) is 2.70. The third-order valence-corrected chi connectivity index (χ3v) is 7.29. The second-order valence-electron chi connectivity index (χ2n) is 8.54. The maximum Gasteiger partial charge on any atom is 0.142 e. The molecule has 0 N–H and O–H groups in total. The Labute approximate surface area is 178 Å². The van der Waals surface area contributed by atoms with Crippen molar-refractivity contribution in [2.24, 2.45) is 17.8 Å². The third kappa shape index (κ3) is 5.64. The van der Waals surface area contributed by atoms with Crippen molar-refractivity contribution < 1.29 is 8.78 Å². The Kier molecular flexibility index (Phi) is 7.79. The second kappa shape index (κ2) is 10.3. The van der Waals surface area contributed by atoms with Crippen LogP contribution in [0.1, 0.15) is 77.2 Å². The molecule has 0 amide bonds. The number of thioether (sulfide) groups is 1. The van der Waals surface area contributed by atoms with E-state index in [2.05, 4.69) is 25.7 Å². The van der Waals surface area contributed by atoms with Crippen LogP contribution in [-0.2, 0) is 0 Å². The molecule has 1 atom stereocenters. The molecular weight excluding hydrogens is 384 g/mol. The van der Waals surface area contributed by atoms with Crippen molar-refractivity contribution in [3.63, 3.8) is 0 Å². The van der Waals surface area contributed by atoms with E-state index in [1.807, 2.05) is 0 Å². The zero-order valence-corrected chi connectivity index (χ0v) is 18.2. The molecule has 4 heteroatoms. The summed E-state index contributed by atoms with van der Waals surface area (Å²) >= 11 is 0.498. The molecule has 1 nitrogen and oxygen atoms in total. The van der Waals surface area contributed by atoms with Crippen molar-refractivity contribution in [3.8, 4) is 17.2 Å². The van der Waals surface area contributed by atoms with Gasteiger partial charge in [0.25, 0.3) is 0 Å². The van der Waals surface area contributed by atoms with Gasteiger partial charge in [-0.05, 0) is 80.7 Å². The first-order valence-corrected chi connectivity index (χ1v) is 11.6. The average molecular weight is 414 g/mol. The molecule has 154 valence electrons. The molecule has 0 radical (unpaired) electrons. The lowest BCUT2D eigenvalue weighted by Crippen LogP contribution is -2.24. The lowest BCUT2D eigenvalue weighted by atomic mass is 9.69. The molecule has 0 saturated heterocycles. The number of allylic oxidation sites excluding steroid dienone is 2. The SMILES string of the molecule is CCCC1CCC(C2CCC(C#Cc3cc(F)c(SC#N)c(F)c3)=C(C)C2)CC1. The Hall–Kier alpha value is -1.78. The van der Waals surface area contributed by atoms with Gasteiger partial charge in [-0.1, -0.05) is 50.0 Å². The van der Waals surface area contributed by atoms with Gasteiger partial charge < -0.3 is 0 Å². The Morgan fingerprint density at radius 3 is 2.31 bits per heavy atom. The highest BCUT2D eigenvalue weighted by Crippen LogP contribution is 2.42. The first-order valence-electron chi connectivity index (χ1n) is 10.8. The van der Waals surface area contributed by atoms with E-state index in [1.54, 1.807) is 5.40 Å². The summed E-state index contributed by atoms with van der Waals surface area (Å²) < 4.78 is 28.0. The van der Waals surface area contributed by atoms with Crippen LogP contribution in [0.25, 0.3) is 0 Å². The number of thiocyanates is 1. The van der Waals surface area contributed by atoms with Crippen LogP contribution in [-0.4, -0.2) is 0 Å². The highest BCUT2D eigenvalue weighted by atomic mass is 32.2. The summed E-state index contributed by atoms with van der Waals surface area (Å²) in [5, 5.41) is 10.3. The molecule has 1 unspecified atom stereocenters. The first kappa shape index (κ1) is 21.9. The van der Waals surface area contributed by atoms with Gasteiger partial charge in [0, 0.05) is 11.1 Å². The van der Waals surface area contributed by atoms with Gasteiger partial charge >= 0.3 is 0 Å². The highest BCUT2D eigenvalue weighted by Gasteiger charge is 2.29. The van der Waals surface area contributed by atoms with Gasteiger partial charge in [0.15, 0.2) is 0 Å². The van der Waals surface area contributed by atoms with Crippen LogP contribution in [0.4, 0.5) is 8.78 Å². The summed E-state index contributed by atoms with van der Waals surface area (Å²) in [6.45, 7) is 4.44. The minimum atomic E-state index is -0.728. The molecule has 3 rings (SSSR count). The molecule has 0 heterocycles. The second-order valence-corrected chi connectivity index (χ2v) is 9.34. The number of nitrogens with zero attached hydrogens (tertiary/aromatic N) is 1. The van der Waals surface area contributed by atoms with Crippen molar-refractivity contribution in [2.45, 2.75) is 76.5 Å². The number of hydrogen-bond donors (Lipinski definition) is 0. The van der Waals surface area contributed by atoms with E-state index >= 15 is 0 Å². The molecule has 1 aromatic rings. The molecule has 0 aliphatic heterocycles. The molecule has 0 bridgehead atoms. The van der Waals surface area contributed by atoms with E-state index in [9.17, 15) is 8.78 Å². The van der Waals surface area contributed by atoms with E-state index in [0.717, 1.165) is 36.2 Å². The van der Waals surface area contributed by atoms with Gasteiger partial charge in [-0.2, -0.15) is 5.26 Å². The zero-order chi connectivity index (χ0) is 20.8. The fourth-order valence-electron chi connectivity index (χ4n) is 5.01. The number of hydrogen-bond acceptors (Lipinski definition) is 2. The molecule has 2 aliphatic carbocycles. The maximum atomic E-state index is 14.0. The molecular formula is C25H29F2NS. The van der Waals surface area contributed by atoms with Gasteiger partial charge in [-0.15, -0.1) is 0 Å². The topological polar surface area (TPSA) is 23.8 Å². The predicted molar refractivity (Wildman–Crippen MR) is 115 cm³/mol. The van der Waals surface area contributed by atoms with Crippen LogP contribution in [0.3, 0.4) is 0 Å². The monoisotopic (exact) mass is 413 g/mol. The molecule has 29 heavy (non-hydrogen) atoms. The van der Waals surface area contributed by atoms with E-state index in [0.29, 0.717) is 17.3 Å². The summed E-state index contributed by atoms with van der Waals surface area (Å²) in [5.41, 5.74) is 2.78. The summed E-state index contributed by atoms with van der Waals surface area (Å²) in [6.07, 6.45) is 11.4. The minimum absolute atomic E-state index is 0.261. The molecule has 1 fully saturated rings. The van der Waals surface area contributed by atoms with Gasteiger partial charge in [0.05, 0.1) is 4.90 Å². The number of halogens is 2. The molecule has 1 aromatic carbocycles. The standard InChI is InChI=1S/C25H29F2NS/c1-3-4-18-5-9-21(10-6-18)22-12-11-20(17(2)13-22)8-7-19-14-23(26)25(29-16-28)24(27)15-19/h14-15,18,21-22H,3-6,9-13H2,1-2H3.